The van der Waals surface area contributed by atoms with Crippen LogP contribution in [0.15, 0.2) is 24.3 Å². The van der Waals surface area contributed by atoms with Gasteiger partial charge in [0.05, 0.1) is 26.8 Å². The number of likely N-dealkylation sites (tertiary alicyclic amines) is 1. The van der Waals surface area contributed by atoms with Gasteiger partial charge in [0.1, 0.15) is 11.7 Å². The molecule has 0 radical (unpaired) electrons. The fourth-order valence-corrected chi connectivity index (χ4v) is 3.06. The lowest BCUT2D eigenvalue weighted by Crippen LogP contribution is -3.18. The van der Waals surface area contributed by atoms with Crippen molar-refractivity contribution in [3.63, 3.8) is 0 Å². The summed E-state index contributed by atoms with van der Waals surface area (Å²) in [7, 11) is 1.61. The molecule has 0 saturated carbocycles. The van der Waals surface area contributed by atoms with Gasteiger partial charge in [0.15, 0.2) is 6.04 Å². The van der Waals surface area contributed by atoms with Gasteiger partial charge in [0.2, 0.25) is 0 Å². The number of hydrogen-bond acceptors (Lipinski definition) is 4. The summed E-state index contributed by atoms with van der Waals surface area (Å²) in [5.41, 5.74) is 0.742. The highest BCUT2D eigenvalue weighted by atomic mass is 16.5. The fraction of sp³-hybridized carbons (Fsp3) is 0.556. The fourth-order valence-electron chi connectivity index (χ4n) is 3.06. The smallest absolute Gasteiger partial charge is 0.314 e. The predicted octanol–water partition coefficient (Wildman–Crippen LogP) is 0.880. The van der Waals surface area contributed by atoms with Crippen molar-refractivity contribution in [2.75, 3.05) is 32.1 Å². The van der Waals surface area contributed by atoms with Crippen LogP contribution in [-0.4, -0.2) is 44.7 Å². The summed E-state index contributed by atoms with van der Waals surface area (Å²) in [5, 5.41) is 2.93. The standard InChI is InChI=1S/C18H26N2O4/c1-4-24-18(22)14-6-5-11-20(12-14)13(2)17(21)19-15-7-9-16(23-3)10-8-15/h7-10,13-14H,4-6,11-12H2,1-3H3,(H,19,21)/p+1/t13-,14-/m0/s1. The molecular weight excluding hydrogens is 308 g/mol. The molecule has 3 atom stereocenters. The summed E-state index contributed by atoms with van der Waals surface area (Å²) >= 11 is 0. The number of methoxy groups -OCH3 is 1. The minimum absolute atomic E-state index is 0.0420. The average molecular weight is 335 g/mol. The molecule has 0 spiro atoms. The average Bonchev–Trinajstić information content (AvgIpc) is 2.62. The topological polar surface area (TPSA) is 69.1 Å². The van der Waals surface area contributed by atoms with Crippen LogP contribution >= 0.6 is 0 Å². The maximum atomic E-state index is 12.5. The minimum Gasteiger partial charge on any atom is -0.497 e. The van der Waals surface area contributed by atoms with Crippen molar-refractivity contribution in [2.24, 2.45) is 5.92 Å². The largest absolute Gasteiger partial charge is 0.497 e. The first kappa shape index (κ1) is 18.3. The van der Waals surface area contributed by atoms with Crippen LogP contribution in [0.5, 0.6) is 5.75 Å². The van der Waals surface area contributed by atoms with Gasteiger partial charge in [-0.1, -0.05) is 0 Å². The number of esters is 1. The lowest BCUT2D eigenvalue weighted by Gasteiger charge is -2.32. The third-order valence-corrected chi connectivity index (χ3v) is 4.54. The van der Waals surface area contributed by atoms with E-state index < -0.39 is 0 Å². The third-order valence-electron chi connectivity index (χ3n) is 4.54. The van der Waals surface area contributed by atoms with Crippen LogP contribution in [0.4, 0.5) is 5.69 Å². The molecule has 1 amide bonds. The number of anilines is 1. The molecule has 0 aliphatic carbocycles. The molecule has 2 rings (SSSR count). The molecule has 24 heavy (non-hydrogen) atoms. The Bertz CT molecular complexity index is 559. The van der Waals surface area contributed by atoms with E-state index in [1.165, 1.54) is 0 Å². The number of piperidine rings is 1. The molecule has 0 bridgehead atoms. The number of rotatable bonds is 6. The summed E-state index contributed by atoms with van der Waals surface area (Å²) in [4.78, 5) is 25.6. The lowest BCUT2D eigenvalue weighted by atomic mass is 9.97. The Kier molecular flexibility index (Phi) is 6.61. The van der Waals surface area contributed by atoms with Crippen LogP contribution in [0.3, 0.4) is 0 Å². The van der Waals surface area contributed by atoms with Gasteiger partial charge in [-0.15, -0.1) is 0 Å². The number of quaternary nitrogens is 1. The zero-order valence-corrected chi connectivity index (χ0v) is 14.6. The highest BCUT2D eigenvalue weighted by Crippen LogP contribution is 2.15. The molecule has 6 nitrogen and oxygen atoms in total. The Hall–Kier alpha value is -2.08. The molecule has 1 aliphatic rings. The second-order valence-electron chi connectivity index (χ2n) is 6.14. The summed E-state index contributed by atoms with van der Waals surface area (Å²) < 4.78 is 10.2. The van der Waals surface area contributed by atoms with Crippen molar-refractivity contribution >= 4 is 17.6 Å². The lowest BCUT2D eigenvalue weighted by molar-refractivity contribution is -0.921. The van der Waals surface area contributed by atoms with E-state index >= 15 is 0 Å². The van der Waals surface area contributed by atoms with Crippen molar-refractivity contribution in [3.05, 3.63) is 24.3 Å². The van der Waals surface area contributed by atoms with Gasteiger partial charge >= 0.3 is 5.97 Å². The summed E-state index contributed by atoms with van der Waals surface area (Å²) in [6.45, 7) is 5.67. The van der Waals surface area contributed by atoms with E-state index in [2.05, 4.69) is 5.32 Å². The third kappa shape index (κ3) is 4.71. The second kappa shape index (κ2) is 8.68. The molecule has 1 aromatic rings. The summed E-state index contributed by atoms with van der Waals surface area (Å²) in [6, 6.07) is 7.03. The van der Waals surface area contributed by atoms with E-state index in [0.717, 1.165) is 35.7 Å². The minimum atomic E-state index is -0.218. The molecule has 1 saturated heterocycles. The molecule has 1 heterocycles. The monoisotopic (exact) mass is 335 g/mol. The van der Waals surface area contributed by atoms with Gasteiger partial charge in [-0.2, -0.15) is 0 Å². The van der Waals surface area contributed by atoms with Gasteiger partial charge in [-0.05, 0) is 51.0 Å². The van der Waals surface area contributed by atoms with Gasteiger partial charge in [0, 0.05) is 5.69 Å². The predicted molar refractivity (Wildman–Crippen MR) is 91.1 cm³/mol. The van der Waals surface area contributed by atoms with Crippen LogP contribution in [-0.2, 0) is 14.3 Å². The SMILES string of the molecule is CCOC(=O)[C@H]1CCC[NH+]([C@@H](C)C(=O)Nc2ccc(OC)cc2)C1. The quantitative estimate of drug-likeness (QED) is 0.757. The molecule has 1 aromatic carbocycles. The van der Waals surface area contributed by atoms with Crippen molar-refractivity contribution in [2.45, 2.75) is 32.7 Å². The molecule has 0 aromatic heterocycles. The Morgan fingerprint density at radius 2 is 2.04 bits per heavy atom. The highest BCUT2D eigenvalue weighted by Gasteiger charge is 2.34. The summed E-state index contributed by atoms with van der Waals surface area (Å²) in [5.74, 6) is 0.460. The van der Waals surface area contributed by atoms with Crippen LogP contribution in [0.1, 0.15) is 26.7 Å². The molecule has 6 heteroatoms. The van der Waals surface area contributed by atoms with E-state index in [9.17, 15) is 9.59 Å². The number of carbonyl (C=O) groups excluding carboxylic acids is 2. The van der Waals surface area contributed by atoms with Crippen LogP contribution < -0.4 is 15.0 Å². The van der Waals surface area contributed by atoms with E-state index in [1.54, 1.807) is 7.11 Å². The highest BCUT2D eigenvalue weighted by molar-refractivity contribution is 5.93. The molecule has 1 aliphatic heterocycles. The Morgan fingerprint density at radius 1 is 1.33 bits per heavy atom. The number of amides is 1. The van der Waals surface area contributed by atoms with E-state index in [0.29, 0.717) is 13.2 Å². The molecule has 1 unspecified atom stereocenters. The first-order valence-corrected chi connectivity index (χ1v) is 8.51. The van der Waals surface area contributed by atoms with Gasteiger partial charge in [0.25, 0.3) is 5.91 Å². The van der Waals surface area contributed by atoms with Crippen LogP contribution in [0.2, 0.25) is 0 Å². The second-order valence-corrected chi connectivity index (χ2v) is 6.14. The Labute approximate surface area is 143 Å². The van der Waals surface area contributed by atoms with Gasteiger partial charge in [-0.3, -0.25) is 9.59 Å². The zero-order chi connectivity index (χ0) is 17.5. The van der Waals surface area contributed by atoms with Gasteiger partial charge in [-0.25, -0.2) is 0 Å². The number of carbonyl (C=O) groups is 2. The first-order chi connectivity index (χ1) is 11.5. The zero-order valence-electron chi connectivity index (χ0n) is 14.6. The molecular formula is C18H27N2O4+. The van der Waals surface area contributed by atoms with Gasteiger partial charge < -0.3 is 19.7 Å². The molecule has 1 fully saturated rings. The molecule has 132 valence electrons. The van der Waals surface area contributed by atoms with Crippen molar-refractivity contribution in [1.82, 2.24) is 0 Å². The maximum Gasteiger partial charge on any atom is 0.314 e. The van der Waals surface area contributed by atoms with Crippen molar-refractivity contribution < 1.29 is 24.0 Å². The van der Waals surface area contributed by atoms with Crippen LogP contribution in [0.25, 0.3) is 0 Å². The first-order valence-electron chi connectivity index (χ1n) is 8.51. The Morgan fingerprint density at radius 3 is 2.67 bits per heavy atom. The Balaban J connectivity index is 1.92. The number of benzene rings is 1. The number of hydrogen-bond donors (Lipinski definition) is 2. The van der Waals surface area contributed by atoms with Crippen molar-refractivity contribution in [1.29, 1.82) is 0 Å². The van der Waals surface area contributed by atoms with E-state index in [4.69, 9.17) is 9.47 Å². The normalized spacial score (nSPS) is 21.6. The maximum absolute atomic E-state index is 12.5. The number of nitrogens with one attached hydrogen (secondary N) is 2. The summed E-state index contributed by atoms with van der Waals surface area (Å²) in [6.07, 6.45) is 1.77. The van der Waals surface area contributed by atoms with Crippen LogP contribution in [0, 0.1) is 5.92 Å². The van der Waals surface area contributed by atoms with E-state index in [1.807, 2.05) is 38.1 Å². The molecule has 2 N–H and O–H groups in total. The van der Waals surface area contributed by atoms with E-state index in [-0.39, 0.29) is 23.8 Å². The number of ether oxygens (including phenoxy) is 2. The van der Waals surface area contributed by atoms with Crippen molar-refractivity contribution in [3.8, 4) is 5.75 Å².